The van der Waals surface area contributed by atoms with Crippen molar-refractivity contribution in [2.45, 2.75) is 13.5 Å². The van der Waals surface area contributed by atoms with E-state index in [0.717, 1.165) is 18.2 Å². The molecule has 2 rings (SSSR count). The Kier molecular flexibility index (Phi) is 4.13. The SMILES string of the molecule is Cc1ccc([N+](=O)[O-])cc1Oc1c(F)cc(CN)cc1F. The summed E-state index contributed by atoms with van der Waals surface area (Å²) in [5.41, 5.74) is 5.89. The average molecular weight is 294 g/mol. The van der Waals surface area contributed by atoms with Crippen LogP contribution in [-0.4, -0.2) is 4.92 Å². The first-order valence-electron chi connectivity index (χ1n) is 6.03. The first kappa shape index (κ1) is 14.9. The highest BCUT2D eigenvalue weighted by atomic mass is 19.1. The van der Waals surface area contributed by atoms with Crippen molar-refractivity contribution in [2.24, 2.45) is 5.73 Å². The highest BCUT2D eigenvalue weighted by molar-refractivity contribution is 5.46. The summed E-state index contributed by atoms with van der Waals surface area (Å²) in [6.45, 7) is 1.60. The molecule has 0 unspecified atom stereocenters. The Morgan fingerprint density at radius 3 is 2.38 bits per heavy atom. The first-order chi connectivity index (χ1) is 9.92. The zero-order valence-electron chi connectivity index (χ0n) is 11.1. The lowest BCUT2D eigenvalue weighted by atomic mass is 10.2. The maximum atomic E-state index is 13.8. The number of benzene rings is 2. The van der Waals surface area contributed by atoms with Gasteiger partial charge in [0.1, 0.15) is 5.75 Å². The van der Waals surface area contributed by atoms with Gasteiger partial charge in [0.15, 0.2) is 17.4 Å². The second kappa shape index (κ2) is 5.84. The van der Waals surface area contributed by atoms with Crippen LogP contribution in [0.5, 0.6) is 11.5 Å². The molecule has 0 aromatic heterocycles. The number of nitrogens with two attached hydrogens (primary N) is 1. The van der Waals surface area contributed by atoms with Crippen molar-refractivity contribution in [1.82, 2.24) is 0 Å². The normalized spacial score (nSPS) is 10.5. The number of nitro benzene ring substituents is 1. The van der Waals surface area contributed by atoms with E-state index in [2.05, 4.69) is 0 Å². The average Bonchev–Trinajstić information content (AvgIpc) is 2.44. The molecule has 0 saturated carbocycles. The Hall–Kier alpha value is -2.54. The summed E-state index contributed by atoms with van der Waals surface area (Å²) >= 11 is 0. The second-order valence-electron chi connectivity index (χ2n) is 4.40. The van der Waals surface area contributed by atoms with Crippen LogP contribution < -0.4 is 10.5 Å². The first-order valence-corrected chi connectivity index (χ1v) is 6.03. The minimum absolute atomic E-state index is 0.00996. The number of ether oxygens (including phenoxy) is 1. The van der Waals surface area contributed by atoms with Crippen molar-refractivity contribution in [3.05, 3.63) is 63.2 Å². The monoisotopic (exact) mass is 294 g/mol. The fraction of sp³-hybridized carbons (Fsp3) is 0.143. The van der Waals surface area contributed by atoms with E-state index in [1.54, 1.807) is 6.92 Å². The minimum Gasteiger partial charge on any atom is -0.451 e. The number of halogens is 2. The quantitative estimate of drug-likeness (QED) is 0.692. The Labute approximate surface area is 119 Å². The smallest absolute Gasteiger partial charge is 0.273 e. The molecule has 0 atom stereocenters. The molecule has 2 N–H and O–H groups in total. The molecule has 0 heterocycles. The maximum absolute atomic E-state index is 13.8. The van der Waals surface area contributed by atoms with Gasteiger partial charge < -0.3 is 10.5 Å². The van der Waals surface area contributed by atoms with Crippen LogP contribution in [0, 0.1) is 28.7 Å². The topological polar surface area (TPSA) is 78.4 Å². The molecule has 0 spiro atoms. The van der Waals surface area contributed by atoms with Gasteiger partial charge >= 0.3 is 0 Å². The van der Waals surface area contributed by atoms with E-state index in [9.17, 15) is 18.9 Å². The van der Waals surface area contributed by atoms with E-state index in [0.29, 0.717) is 5.56 Å². The Morgan fingerprint density at radius 2 is 1.86 bits per heavy atom. The van der Waals surface area contributed by atoms with Crippen molar-refractivity contribution >= 4 is 5.69 Å². The third kappa shape index (κ3) is 3.14. The van der Waals surface area contributed by atoms with Crippen molar-refractivity contribution in [2.75, 3.05) is 0 Å². The molecule has 21 heavy (non-hydrogen) atoms. The van der Waals surface area contributed by atoms with E-state index in [4.69, 9.17) is 10.5 Å². The minimum atomic E-state index is -0.915. The zero-order valence-corrected chi connectivity index (χ0v) is 11.1. The third-order valence-electron chi connectivity index (χ3n) is 2.89. The van der Waals surface area contributed by atoms with Gasteiger partial charge in [0.05, 0.1) is 11.0 Å². The molecular weight excluding hydrogens is 282 g/mol. The molecule has 7 heteroatoms. The molecule has 2 aromatic rings. The predicted octanol–water partition coefficient (Wildman–Crippen LogP) is 3.43. The molecule has 2 aromatic carbocycles. The standard InChI is InChI=1S/C14H12F2N2O3/c1-8-2-3-10(18(19)20)6-13(8)21-14-11(15)4-9(7-17)5-12(14)16/h2-6H,7,17H2,1H3. The molecule has 0 radical (unpaired) electrons. The summed E-state index contributed by atoms with van der Waals surface area (Å²) < 4.78 is 32.8. The number of nitrogens with zero attached hydrogens (tertiary/aromatic N) is 1. The number of nitro groups is 1. The number of rotatable bonds is 4. The van der Waals surface area contributed by atoms with Crippen LogP contribution in [0.1, 0.15) is 11.1 Å². The van der Waals surface area contributed by atoms with Crippen molar-refractivity contribution in [3.63, 3.8) is 0 Å². The lowest BCUT2D eigenvalue weighted by Crippen LogP contribution is -2.01. The predicted molar refractivity (Wildman–Crippen MR) is 72.2 cm³/mol. The molecular formula is C14H12F2N2O3. The van der Waals surface area contributed by atoms with Crippen LogP contribution >= 0.6 is 0 Å². The van der Waals surface area contributed by atoms with E-state index < -0.39 is 22.3 Å². The molecule has 0 aliphatic carbocycles. The molecule has 0 saturated heterocycles. The fourth-order valence-electron chi connectivity index (χ4n) is 1.75. The Morgan fingerprint density at radius 1 is 1.24 bits per heavy atom. The Bertz CT molecular complexity index is 682. The van der Waals surface area contributed by atoms with Gasteiger partial charge in [0.25, 0.3) is 5.69 Å². The van der Waals surface area contributed by atoms with Gasteiger partial charge in [-0.15, -0.1) is 0 Å². The van der Waals surface area contributed by atoms with Crippen LogP contribution in [-0.2, 0) is 6.54 Å². The van der Waals surface area contributed by atoms with Crippen LogP contribution in [0.25, 0.3) is 0 Å². The van der Waals surface area contributed by atoms with Crippen LogP contribution in [0.4, 0.5) is 14.5 Å². The van der Waals surface area contributed by atoms with Gasteiger partial charge in [-0.3, -0.25) is 10.1 Å². The molecule has 0 bridgehead atoms. The van der Waals surface area contributed by atoms with Gasteiger partial charge in [-0.25, -0.2) is 8.78 Å². The second-order valence-corrected chi connectivity index (χ2v) is 4.40. The third-order valence-corrected chi connectivity index (χ3v) is 2.89. The van der Waals surface area contributed by atoms with Gasteiger partial charge in [0, 0.05) is 12.6 Å². The van der Waals surface area contributed by atoms with Crippen molar-refractivity contribution in [3.8, 4) is 11.5 Å². The number of hydrogen-bond acceptors (Lipinski definition) is 4. The van der Waals surface area contributed by atoms with E-state index in [-0.39, 0.29) is 23.5 Å². The van der Waals surface area contributed by atoms with Crippen LogP contribution in [0.3, 0.4) is 0 Å². The lowest BCUT2D eigenvalue weighted by molar-refractivity contribution is -0.384. The highest BCUT2D eigenvalue weighted by Gasteiger charge is 2.16. The molecule has 0 amide bonds. The van der Waals surface area contributed by atoms with Crippen molar-refractivity contribution < 1.29 is 18.4 Å². The summed E-state index contributed by atoms with van der Waals surface area (Å²) in [6, 6.07) is 5.96. The largest absolute Gasteiger partial charge is 0.451 e. The molecule has 5 nitrogen and oxygen atoms in total. The van der Waals surface area contributed by atoms with Crippen molar-refractivity contribution in [1.29, 1.82) is 0 Å². The molecule has 0 aliphatic heterocycles. The zero-order chi connectivity index (χ0) is 15.6. The van der Waals surface area contributed by atoms with Gasteiger partial charge in [-0.2, -0.15) is 0 Å². The van der Waals surface area contributed by atoms with Gasteiger partial charge in [0.2, 0.25) is 0 Å². The number of non-ortho nitro benzene ring substituents is 1. The maximum Gasteiger partial charge on any atom is 0.273 e. The van der Waals surface area contributed by atoms with E-state index >= 15 is 0 Å². The van der Waals surface area contributed by atoms with E-state index in [1.807, 2.05) is 0 Å². The number of aryl methyl sites for hydroxylation is 1. The summed E-state index contributed by atoms with van der Waals surface area (Å²) in [5, 5.41) is 10.7. The summed E-state index contributed by atoms with van der Waals surface area (Å²) in [7, 11) is 0. The van der Waals surface area contributed by atoms with Gasteiger partial charge in [-0.1, -0.05) is 0 Å². The number of hydrogen-bond donors (Lipinski definition) is 1. The van der Waals surface area contributed by atoms with Crippen LogP contribution in [0.2, 0.25) is 0 Å². The van der Waals surface area contributed by atoms with Gasteiger partial charge in [-0.05, 0) is 36.2 Å². The summed E-state index contributed by atoms with van der Waals surface area (Å²) in [5.74, 6) is -2.43. The molecule has 0 fully saturated rings. The summed E-state index contributed by atoms with van der Waals surface area (Å²) in [6.07, 6.45) is 0. The highest BCUT2D eigenvalue weighted by Crippen LogP contribution is 2.32. The fourth-order valence-corrected chi connectivity index (χ4v) is 1.75. The van der Waals surface area contributed by atoms with E-state index in [1.165, 1.54) is 12.1 Å². The Balaban J connectivity index is 2.43. The summed E-state index contributed by atoms with van der Waals surface area (Å²) in [4.78, 5) is 10.1. The van der Waals surface area contributed by atoms with Crippen LogP contribution in [0.15, 0.2) is 30.3 Å². The lowest BCUT2D eigenvalue weighted by Gasteiger charge is -2.11. The molecule has 110 valence electrons. The molecule has 0 aliphatic rings.